The van der Waals surface area contributed by atoms with Gasteiger partial charge in [-0.15, -0.1) is 0 Å². The lowest BCUT2D eigenvalue weighted by molar-refractivity contribution is -0.118. The van der Waals surface area contributed by atoms with E-state index in [9.17, 15) is 4.79 Å². The molecule has 0 unspecified atom stereocenters. The average molecular weight is 429 g/mol. The topological polar surface area (TPSA) is 64.4 Å². The van der Waals surface area contributed by atoms with Gasteiger partial charge in [0.15, 0.2) is 12.2 Å². The Morgan fingerprint density at radius 1 is 0.968 bits per heavy atom. The molecular weight excluding hydrogens is 412 g/mol. The number of fused-ring (bicyclic) bond motifs is 3. The lowest BCUT2D eigenvalue weighted by atomic mass is 10.1. The van der Waals surface area contributed by atoms with Crippen molar-refractivity contribution >= 4 is 45.1 Å². The van der Waals surface area contributed by atoms with Crippen LogP contribution in [-0.4, -0.2) is 17.5 Å². The number of amides is 1. The predicted octanol–water partition coefficient (Wildman–Crippen LogP) is 6.32. The second-order valence-electron chi connectivity index (χ2n) is 6.99. The van der Waals surface area contributed by atoms with E-state index < -0.39 is 0 Å². The molecule has 6 heteroatoms. The standard InChI is InChI=1S/C25H17ClN2O3/c26-17-7-5-8-18(14-17)30-15-23(29)27-21-11-4-3-10-20(21)25-28-22-13-12-16-6-1-2-9-19(16)24(22)31-25/h1-14H,15H2,(H,27,29). The van der Waals surface area contributed by atoms with Crippen molar-refractivity contribution in [1.29, 1.82) is 0 Å². The van der Waals surface area contributed by atoms with Gasteiger partial charge in [0.1, 0.15) is 11.3 Å². The molecule has 0 radical (unpaired) electrons. The summed E-state index contributed by atoms with van der Waals surface area (Å²) in [6.45, 7) is -0.146. The number of carbonyl (C=O) groups is 1. The minimum atomic E-state index is -0.297. The first-order valence-electron chi connectivity index (χ1n) is 9.73. The molecule has 1 N–H and O–H groups in total. The molecule has 0 spiro atoms. The summed E-state index contributed by atoms with van der Waals surface area (Å²) in [6.07, 6.45) is 0. The molecule has 31 heavy (non-hydrogen) atoms. The van der Waals surface area contributed by atoms with Crippen LogP contribution in [0.3, 0.4) is 0 Å². The van der Waals surface area contributed by atoms with Crippen LogP contribution < -0.4 is 10.1 Å². The zero-order chi connectivity index (χ0) is 21.2. The van der Waals surface area contributed by atoms with Gasteiger partial charge in [-0.05, 0) is 41.8 Å². The zero-order valence-corrected chi connectivity index (χ0v) is 17.1. The van der Waals surface area contributed by atoms with Crippen molar-refractivity contribution in [3.8, 4) is 17.2 Å². The monoisotopic (exact) mass is 428 g/mol. The molecule has 0 bridgehead atoms. The lowest BCUT2D eigenvalue weighted by Gasteiger charge is -2.10. The molecule has 1 aromatic heterocycles. The second-order valence-corrected chi connectivity index (χ2v) is 7.43. The van der Waals surface area contributed by atoms with Crippen molar-refractivity contribution in [2.24, 2.45) is 0 Å². The van der Waals surface area contributed by atoms with Crippen LogP contribution in [0.25, 0.3) is 33.3 Å². The minimum Gasteiger partial charge on any atom is -0.484 e. The maximum Gasteiger partial charge on any atom is 0.262 e. The Morgan fingerprint density at radius 3 is 2.71 bits per heavy atom. The normalized spacial score (nSPS) is 11.0. The van der Waals surface area contributed by atoms with E-state index in [4.69, 9.17) is 20.8 Å². The highest BCUT2D eigenvalue weighted by atomic mass is 35.5. The van der Waals surface area contributed by atoms with E-state index in [1.165, 1.54) is 0 Å². The van der Waals surface area contributed by atoms with Crippen LogP contribution in [0.2, 0.25) is 5.02 Å². The number of aromatic nitrogens is 1. The largest absolute Gasteiger partial charge is 0.484 e. The van der Waals surface area contributed by atoms with Crippen molar-refractivity contribution in [2.45, 2.75) is 0 Å². The van der Waals surface area contributed by atoms with E-state index in [0.29, 0.717) is 27.9 Å². The van der Waals surface area contributed by atoms with Crippen molar-refractivity contribution in [3.05, 3.63) is 90.0 Å². The molecule has 0 aliphatic carbocycles. The van der Waals surface area contributed by atoms with Gasteiger partial charge in [0.25, 0.3) is 5.91 Å². The Balaban J connectivity index is 1.41. The van der Waals surface area contributed by atoms with E-state index in [1.54, 1.807) is 30.3 Å². The summed E-state index contributed by atoms with van der Waals surface area (Å²) in [7, 11) is 0. The number of anilines is 1. The maximum atomic E-state index is 12.5. The van der Waals surface area contributed by atoms with Crippen molar-refractivity contribution in [3.63, 3.8) is 0 Å². The molecule has 5 nitrogen and oxygen atoms in total. The van der Waals surface area contributed by atoms with Gasteiger partial charge < -0.3 is 14.5 Å². The number of nitrogens with zero attached hydrogens (tertiary/aromatic N) is 1. The minimum absolute atomic E-state index is 0.146. The molecule has 5 rings (SSSR count). The molecular formula is C25H17ClN2O3. The Labute approximate surface area is 183 Å². The van der Waals surface area contributed by atoms with Crippen LogP contribution in [0.1, 0.15) is 0 Å². The number of carbonyl (C=O) groups excluding carboxylic acids is 1. The SMILES string of the molecule is O=C(COc1cccc(Cl)c1)Nc1ccccc1-c1nc2ccc3ccccc3c2o1. The van der Waals surface area contributed by atoms with Crippen molar-refractivity contribution in [2.75, 3.05) is 11.9 Å². The number of hydrogen-bond donors (Lipinski definition) is 1. The molecule has 4 aromatic carbocycles. The van der Waals surface area contributed by atoms with Crippen LogP contribution in [0.4, 0.5) is 5.69 Å². The first-order valence-corrected chi connectivity index (χ1v) is 10.1. The van der Waals surface area contributed by atoms with Gasteiger partial charge in [-0.25, -0.2) is 4.98 Å². The summed E-state index contributed by atoms with van der Waals surface area (Å²) in [5.41, 5.74) is 2.77. The van der Waals surface area contributed by atoms with Crippen molar-refractivity contribution in [1.82, 2.24) is 4.98 Å². The molecule has 0 atom stereocenters. The molecule has 1 amide bonds. The van der Waals surface area contributed by atoms with Gasteiger partial charge in [-0.3, -0.25) is 4.79 Å². The summed E-state index contributed by atoms with van der Waals surface area (Å²) in [6, 6.07) is 26.3. The lowest BCUT2D eigenvalue weighted by Crippen LogP contribution is -2.20. The Morgan fingerprint density at radius 2 is 1.81 bits per heavy atom. The fourth-order valence-corrected chi connectivity index (χ4v) is 3.62. The summed E-state index contributed by atoms with van der Waals surface area (Å²) in [4.78, 5) is 17.1. The third kappa shape index (κ3) is 3.96. The number of ether oxygens (including phenoxy) is 1. The van der Waals surface area contributed by atoms with Gasteiger partial charge in [-0.1, -0.05) is 60.1 Å². The van der Waals surface area contributed by atoms with E-state index in [-0.39, 0.29) is 12.5 Å². The Bertz CT molecular complexity index is 1410. The number of nitrogens with one attached hydrogen (secondary N) is 1. The fourth-order valence-electron chi connectivity index (χ4n) is 3.44. The molecule has 0 saturated carbocycles. The van der Waals surface area contributed by atoms with E-state index in [0.717, 1.165) is 21.9 Å². The summed E-state index contributed by atoms with van der Waals surface area (Å²) in [5.74, 6) is 0.675. The highest BCUT2D eigenvalue weighted by molar-refractivity contribution is 6.30. The molecule has 0 aliphatic heterocycles. The van der Waals surface area contributed by atoms with Gasteiger partial charge in [0.2, 0.25) is 5.89 Å². The molecule has 0 saturated heterocycles. The van der Waals surface area contributed by atoms with E-state index in [1.807, 2.05) is 54.6 Å². The number of benzene rings is 4. The van der Waals surface area contributed by atoms with E-state index in [2.05, 4.69) is 10.3 Å². The molecule has 1 heterocycles. The van der Waals surface area contributed by atoms with Crippen molar-refractivity contribution < 1.29 is 13.9 Å². The van der Waals surface area contributed by atoms with E-state index >= 15 is 0 Å². The van der Waals surface area contributed by atoms with Gasteiger partial charge in [0.05, 0.1) is 11.3 Å². The Hall–Kier alpha value is -3.83. The third-order valence-electron chi connectivity index (χ3n) is 4.88. The summed E-state index contributed by atoms with van der Waals surface area (Å²) < 4.78 is 11.7. The summed E-state index contributed by atoms with van der Waals surface area (Å²) in [5, 5.41) is 5.50. The average Bonchev–Trinajstić information content (AvgIpc) is 3.23. The number of para-hydroxylation sites is 1. The first kappa shape index (κ1) is 19.2. The number of rotatable bonds is 5. The fraction of sp³-hybridized carbons (Fsp3) is 0.0400. The molecule has 5 aromatic rings. The third-order valence-corrected chi connectivity index (χ3v) is 5.11. The number of halogens is 1. The smallest absolute Gasteiger partial charge is 0.262 e. The van der Waals surface area contributed by atoms with Gasteiger partial charge in [-0.2, -0.15) is 0 Å². The van der Waals surface area contributed by atoms with Crippen LogP contribution in [0.5, 0.6) is 5.75 Å². The van der Waals surface area contributed by atoms with Crippen LogP contribution in [-0.2, 0) is 4.79 Å². The van der Waals surface area contributed by atoms with Crippen LogP contribution >= 0.6 is 11.6 Å². The number of oxazole rings is 1. The first-order chi connectivity index (χ1) is 15.2. The van der Waals surface area contributed by atoms with Crippen LogP contribution in [0, 0.1) is 0 Å². The molecule has 0 aliphatic rings. The van der Waals surface area contributed by atoms with Gasteiger partial charge in [0, 0.05) is 10.4 Å². The predicted molar refractivity (Wildman–Crippen MR) is 123 cm³/mol. The highest BCUT2D eigenvalue weighted by Gasteiger charge is 2.15. The number of hydrogen-bond acceptors (Lipinski definition) is 4. The van der Waals surface area contributed by atoms with Gasteiger partial charge >= 0.3 is 0 Å². The quantitative estimate of drug-likeness (QED) is 0.356. The second kappa shape index (κ2) is 8.13. The maximum absolute atomic E-state index is 12.5. The Kier molecular flexibility index (Phi) is 5.02. The molecule has 0 fully saturated rings. The summed E-state index contributed by atoms with van der Waals surface area (Å²) >= 11 is 5.95. The highest BCUT2D eigenvalue weighted by Crippen LogP contribution is 2.33. The molecule has 152 valence electrons. The van der Waals surface area contributed by atoms with Crippen LogP contribution in [0.15, 0.2) is 89.3 Å². The zero-order valence-electron chi connectivity index (χ0n) is 16.3.